The zero-order chi connectivity index (χ0) is 12.8. The summed E-state index contributed by atoms with van der Waals surface area (Å²) in [6.45, 7) is 4.09. The van der Waals surface area contributed by atoms with Crippen molar-refractivity contribution in [2.75, 3.05) is 12.8 Å². The third-order valence-corrected chi connectivity index (χ3v) is 2.85. The van der Waals surface area contributed by atoms with Crippen LogP contribution in [0.5, 0.6) is 0 Å². The number of hydrazine groups is 1. The van der Waals surface area contributed by atoms with E-state index in [0.29, 0.717) is 5.82 Å². The van der Waals surface area contributed by atoms with Gasteiger partial charge in [-0.05, 0) is 25.0 Å². The first-order valence-electron chi connectivity index (χ1n) is 5.85. The van der Waals surface area contributed by atoms with Crippen molar-refractivity contribution in [2.45, 2.75) is 38.8 Å². The largest absolute Gasteiger partial charge is 0.383 e. The summed E-state index contributed by atoms with van der Waals surface area (Å²) < 4.78 is 5.47. The number of anilines is 1. The number of hydrogen-bond acceptors (Lipinski definition) is 5. The van der Waals surface area contributed by atoms with E-state index in [4.69, 9.17) is 16.3 Å². The van der Waals surface area contributed by atoms with Crippen LogP contribution in [0.4, 0.5) is 5.82 Å². The molecule has 5 N–H and O–H groups in total. The van der Waals surface area contributed by atoms with E-state index in [1.54, 1.807) is 13.3 Å². The minimum atomic E-state index is -0.132. The zero-order valence-corrected chi connectivity index (χ0v) is 10.7. The predicted molar refractivity (Wildman–Crippen MR) is 69.2 cm³/mol. The van der Waals surface area contributed by atoms with Crippen molar-refractivity contribution in [3.8, 4) is 0 Å². The second-order valence-corrected chi connectivity index (χ2v) is 4.19. The molecule has 2 unspecified atom stereocenters. The molecule has 0 fully saturated rings. The summed E-state index contributed by atoms with van der Waals surface area (Å²) in [6, 6.07) is 1.86. The quantitative estimate of drug-likeness (QED) is 0.513. The second-order valence-electron chi connectivity index (χ2n) is 4.19. The Balaban J connectivity index is 3.02. The number of aryl methyl sites for hydroxylation is 1. The van der Waals surface area contributed by atoms with Gasteiger partial charge in [0.2, 0.25) is 0 Å². The fraction of sp³-hybridized carbons (Fsp3) is 0.583. The van der Waals surface area contributed by atoms with Crippen LogP contribution in [0.3, 0.4) is 0 Å². The van der Waals surface area contributed by atoms with Crippen LogP contribution in [0.1, 0.15) is 36.9 Å². The summed E-state index contributed by atoms with van der Waals surface area (Å²) in [4.78, 5) is 4.15. The van der Waals surface area contributed by atoms with Gasteiger partial charge in [0.25, 0.3) is 0 Å². The van der Waals surface area contributed by atoms with Gasteiger partial charge in [-0.1, -0.05) is 13.3 Å². The van der Waals surface area contributed by atoms with Gasteiger partial charge >= 0.3 is 0 Å². The highest BCUT2D eigenvalue weighted by molar-refractivity contribution is 5.43. The molecule has 0 aromatic carbocycles. The van der Waals surface area contributed by atoms with Crippen molar-refractivity contribution in [1.82, 2.24) is 10.4 Å². The van der Waals surface area contributed by atoms with Gasteiger partial charge in [-0.15, -0.1) is 0 Å². The molecule has 17 heavy (non-hydrogen) atoms. The molecule has 5 nitrogen and oxygen atoms in total. The Kier molecular flexibility index (Phi) is 5.34. The number of nitrogens with zero attached hydrogens (tertiary/aromatic N) is 1. The van der Waals surface area contributed by atoms with Gasteiger partial charge in [0, 0.05) is 18.9 Å². The van der Waals surface area contributed by atoms with Gasteiger partial charge in [-0.2, -0.15) is 0 Å². The minimum absolute atomic E-state index is 0.00380. The molecule has 2 atom stereocenters. The van der Waals surface area contributed by atoms with Gasteiger partial charge in [0.15, 0.2) is 0 Å². The molecule has 0 bridgehead atoms. The van der Waals surface area contributed by atoms with Crippen molar-refractivity contribution in [3.05, 3.63) is 23.4 Å². The van der Waals surface area contributed by atoms with Crippen molar-refractivity contribution < 1.29 is 4.74 Å². The molecule has 96 valence electrons. The van der Waals surface area contributed by atoms with Crippen LogP contribution in [0.15, 0.2) is 12.3 Å². The van der Waals surface area contributed by atoms with E-state index in [1.807, 2.05) is 13.0 Å². The van der Waals surface area contributed by atoms with Crippen molar-refractivity contribution in [3.63, 3.8) is 0 Å². The van der Waals surface area contributed by atoms with Crippen LogP contribution in [0.25, 0.3) is 0 Å². The maximum Gasteiger partial charge on any atom is 0.128 e. The molecule has 1 heterocycles. The fourth-order valence-electron chi connectivity index (χ4n) is 1.95. The topological polar surface area (TPSA) is 86.2 Å². The Morgan fingerprint density at radius 3 is 2.76 bits per heavy atom. The Bertz CT molecular complexity index is 356. The van der Waals surface area contributed by atoms with Crippen molar-refractivity contribution >= 4 is 5.82 Å². The standard InChI is InChI=1S/C12H22N4O/c1-4-5-10(17-3)11(16-14)9-6-8(2)7-15-12(9)13/h6-7,10-11,16H,4-5,14H2,1-3H3,(H2,13,15). The van der Waals surface area contributed by atoms with E-state index < -0.39 is 0 Å². The van der Waals surface area contributed by atoms with Crippen molar-refractivity contribution in [2.24, 2.45) is 5.84 Å². The highest BCUT2D eigenvalue weighted by Gasteiger charge is 2.23. The van der Waals surface area contributed by atoms with Crippen LogP contribution < -0.4 is 17.0 Å². The fourth-order valence-corrected chi connectivity index (χ4v) is 1.95. The van der Waals surface area contributed by atoms with Gasteiger partial charge in [0.1, 0.15) is 5.82 Å². The summed E-state index contributed by atoms with van der Waals surface area (Å²) in [5, 5.41) is 0. The van der Waals surface area contributed by atoms with Crippen LogP contribution in [0.2, 0.25) is 0 Å². The first-order chi connectivity index (χ1) is 8.13. The van der Waals surface area contributed by atoms with Crippen molar-refractivity contribution in [1.29, 1.82) is 0 Å². The Labute approximate surface area is 103 Å². The molecule has 0 aliphatic rings. The zero-order valence-electron chi connectivity index (χ0n) is 10.7. The SMILES string of the molecule is CCCC(OC)C(NN)c1cc(C)cnc1N. The maximum absolute atomic E-state index is 5.89. The number of rotatable bonds is 6. The second kappa shape index (κ2) is 6.54. The minimum Gasteiger partial charge on any atom is -0.383 e. The molecule has 0 radical (unpaired) electrons. The first-order valence-corrected chi connectivity index (χ1v) is 5.85. The summed E-state index contributed by atoms with van der Waals surface area (Å²) >= 11 is 0. The molecule has 1 aromatic rings. The lowest BCUT2D eigenvalue weighted by molar-refractivity contribution is 0.0607. The van der Waals surface area contributed by atoms with E-state index in [9.17, 15) is 0 Å². The molecular formula is C12H22N4O. The molecule has 0 spiro atoms. The third kappa shape index (κ3) is 3.39. The lowest BCUT2D eigenvalue weighted by Crippen LogP contribution is -2.38. The highest BCUT2D eigenvalue weighted by Crippen LogP contribution is 2.25. The monoisotopic (exact) mass is 238 g/mol. The normalized spacial score (nSPS) is 14.6. The molecule has 0 aliphatic carbocycles. The number of nitrogen functional groups attached to an aromatic ring is 1. The molecule has 0 saturated heterocycles. The van der Waals surface area contributed by atoms with E-state index in [2.05, 4.69) is 17.3 Å². The number of nitrogens with one attached hydrogen (secondary N) is 1. The van der Waals surface area contributed by atoms with Crippen LogP contribution >= 0.6 is 0 Å². The summed E-state index contributed by atoms with van der Waals surface area (Å²) in [7, 11) is 1.68. The van der Waals surface area contributed by atoms with Crippen LogP contribution in [-0.2, 0) is 4.74 Å². The molecule has 1 aromatic heterocycles. The average Bonchev–Trinajstić information content (AvgIpc) is 2.33. The van der Waals surface area contributed by atoms with E-state index >= 15 is 0 Å². The third-order valence-electron chi connectivity index (χ3n) is 2.85. The Morgan fingerprint density at radius 1 is 1.53 bits per heavy atom. The van der Waals surface area contributed by atoms with Crippen LogP contribution in [0, 0.1) is 6.92 Å². The lowest BCUT2D eigenvalue weighted by Gasteiger charge is -2.26. The number of hydrogen-bond donors (Lipinski definition) is 3. The average molecular weight is 238 g/mol. The number of aromatic nitrogens is 1. The summed E-state index contributed by atoms with van der Waals surface area (Å²) in [5.74, 6) is 6.11. The van der Waals surface area contributed by atoms with E-state index in [1.165, 1.54) is 0 Å². The van der Waals surface area contributed by atoms with Crippen LogP contribution in [-0.4, -0.2) is 18.2 Å². The van der Waals surface area contributed by atoms with Gasteiger partial charge in [-0.25, -0.2) is 4.98 Å². The Hall–Kier alpha value is -1.17. The lowest BCUT2D eigenvalue weighted by atomic mass is 9.98. The molecule has 1 rings (SSSR count). The number of ether oxygens (including phenoxy) is 1. The molecule has 0 aliphatic heterocycles. The number of pyridine rings is 1. The Morgan fingerprint density at radius 2 is 2.24 bits per heavy atom. The smallest absolute Gasteiger partial charge is 0.128 e. The van der Waals surface area contributed by atoms with Gasteiger partial charge in [0.05, 0.1) is 12.1 Å². The van der Waals surface area contributed by atoms with E-state index in [0.717, 1.165) is 24.0 Å². The predicted octanol–water partition coefficient (Wildman–Crippen LogP) is 1.29. The number of nitrogens with two attached hydrogens (primary N) is 2. The molecule has 5 heteroatoms. The molecule has 0 amide bonds. The maximum atomic E-state index is 5.89. The van der Waals surface area contributed by atoms with E-state index in [-0.39, 0.29) is 12.1 Å². The van der Waals surface area contributed by atoms with Gasteiger partial charge in [-0.3, -0.25) is 11.3 Å². The highest BCUT2D eigenvalue weighted by atomic mass is 16.5. The number of methoxy groups -OCH3 is 1. The molecule has 0 saturated carbocycles. The summed E-state index contributed by atoms with van der Waals surface area (Å²) in [6.07, 6.45) is 3.68. The molecular weight excluding hydrogens is 216 g/mol. The first kappa shape index (κ1) is 13.9. The summed E-state index contributed by atoms with van der Waals surface area (Å²) in [5.41, 5.74) is 10.6. The van der Waals surface area contributed by atoms with Gasteiger partial charge < -0.3 is 10.5 Å².